The lowest BCUT2D eigenvalue weighted by atomic mass is 10.2. The number of morpholine rings is 1. The second kappa shape index (κ2) is 8.21. The van der Waals surface area contributed by atoms with Crippen LogP contribution in [0.5, 0.6) is 0 Å². The van der Waals surface area contributed by atoms with Gasteiger partial charge in [0, 0.05) is 32.4 Å². The van der Waals surface area contributed by atoms with Crippen molar-refractivity contribution < 1.29 is 14.3 Å². The molecule has 7 nitrogen and oxygen atoms in total. The monoisotopic (exact) mass is 332 g/mol. The van der Waals surface area contributed by atoms with Gasteiger partial charge in [-0.15, -0.1) is 0 Å². The number of carbonyl (C=O) groups excluding carboxylic acids is 2. The molecule has 24 heavy (non-hydrogen) atoms. The summed E-state index contributed by atoms with van der Waals surface area (Å²) in [6, 6.07) is 5.59. The number of hydrogen-bond donors (Lipinski definition) is 2. The maximum Gasteiger partial charge on any atom is 0.224 e. The Kier molecular flexibility index (Phi) is 5.77. The molecular formula is C17H24N4O3. The summed E-state index contributed by atoms with van der Waals surface area (Å²) >= 11 is 0. The van der Waals surface area contributed by atoms with Crippen molar-refractivity contribution in [2.75, 3.05) is 39.4 Å². The summed E-state index contributed by atoms with van der Waals surface area (Å²) in [6.07, 6.45) is 2.33. The Labute approximate surface area is 141 Å². The molecule has 1 aliphatic heterocycles. The van der Waals surface area contributed by atoms with Crippen LogP contribution in [0.4, 0.5) is 0 Å². The van der Waals surface area contributed by atoms with Crippen molar-refractivity contribution in [3.05, 3.63) is 30.1 Å². The second-order valence-corrected chi connectivity index (χ2v) is 6.23. The zero-order chi connectivity index (χ0) is 16.8. The summed E-state index contributed by atoms with van der Waals surface area (Å²) in [4.78, 5) is 30.6. The lowest BCUT2D eigenvalue weighted by molar-refractivity contribution is -0.127. The van der Waals surface area contributed by atoms with Crippen LogP contribution in [0.25, 0.3) is 0 Å². The van der Waals surface area contributed by atoms with E-state index in [1.165, 1.54) is 0 Å². The molecule has 1 aromatic heterocycles. The van der Waals surface area contributed by atoms with Gasteiger partial charge in [0.25, 0.3) is 0 Å². The van der Waals surface area contributed by atoms with Crippen LogP contribution in [0.15, 0.2) is 24.4 Å². The normalized spacial score (nSPS) is 23.5. The number of aromatic nitrogens is 1. The van der Waals surface area contributed by atoms with Gasteiger partial charge in [-0.2, -0.15) is 0 Å². The lowest BCUT2D eigenvalue weighted by Crippen LogP contribution is -2.41. The minimum absolute atomic E-state index is 0.0127. The predicted molar refractivity (Wildman–Crippen MR) is 87.9 cm³/mol. The molecule has 130 valence electrons. The van der Waals surface area contributed by atoms with E-state index in [0.717, 1.165) is 38.5 Å². The fourth-order valence-electron chi connectivity index (χ4n) is 2.88. The number of rotatable bonds is 7. The molecule has 2 atom stereocenters. The predicted octanol–water partition coefficient (Wildman–Crippen LogP) is -0.218. The maximum atomic E-state index is 12.1. The van der Waals surface area contributed by atoms with Crippen molar-refractivity contribution in [3.63, 3.8) is 0 Å². The number of amides is 2. The highest BCUT2D eigenvalue weighted by molar-refractivity contribution is 5.92. The number of hydrogen-bond acceptors (Lipinski definition) is 5. The number of nitrogens with one attached hydrogen (secondary N) is 2. The number of nitrogens with zero attached hydrogens (tertiary/aromatic N) is 2. The van der Waals surface area contributed by atoms with Gasteiger partial charge in [0.15, 0.2) is 0 Å². The molecule has 2 amide bonds. The van der Waals surface area contributed by atoms with Crippen LogP contribution in [0.2, 0.25) is 0 Å². The van der Waals surface area contributed by atoms with Crippen LogP contribution in [0.1, 0.15) is 12.1 Å². The van der Waals surface area contributed by atoms with Gasteiger partial charge in [-0.05, 0) is 18.6 Å². The van der Waals surface area contributed by atoms with E-state index in [1.807, 2.05) is 18.2 Å². The zero-order valence-electron chi connectivity index (χ0n) is 13.7. The second-order valence-electron chi connectivity index (χ2n) is 6.23. The molecule has 1 aromatic rings. The Morgan fingerprint density at radius 2 is 1.92 bits per heavy atom. The van der Waals surface area contributed by atoms with E-state index >= 15 is 0 Å². The third-order valence-corrected chi connectivity index (χ3v) is 4.46. The van der Waals surface area contributed by atoms with E-state index in [1.54, 1.807) is 6.20 Å². The van der Waals surface area contributed by atoms with E-state index < -0.39 is 0 Å². The third-order valence-electron chi connectivity index (χ3n) is 4.46. The smallest absolute Gasteiger partial charge is 0.224 e. The van der Waals surface area contributed by atoms with E-state index in [-0.39, 0.29) is 23.7 Å². The molecule has 0 aromatic carbocycles. The average molecular weight is 332 g/mol. The van der Waals surface area contributed by atoms with Gasteiger partial charge in [-0.3, -0.25) is 19.5 Å². The van der Waals surface area contributed by atoms with E-state index in [4.69, 9.17) is 4.74 Å². The minimum atomic E-state index is -0.197. The van der Waals surface area contributed by atoms with Gasteiger partial charge >= 0.3 is 0 Å². The van der Waals surface area contributed by atoms with Gasteiger partial charge < -0.3 is 15.4 Å². The Morgan fingerprint density at radius 3 is 2.62 bits per heavy atom. The van der Waals surface area contributed by atoms with Crippen molar-refractivity contribution >= 4 is 11.8 Å². The highest BCUT2D eigenvalue weighted by atomic mass is 16.5. The molecular weight excluding hydrogens is 308 g/mol. The summed E-state index contributed by atoms with van der Waals surface area (Å²) in [5.41, 5.74) is 0.818. The summed E-state index contributed by atoms with van der Waals surface area (Å²) in [5, 5.41) is 5.79. The molecule has 2 heterocycles. The first-order valence-corrected chi connectivity index (χ1v) is 8.49. The fourth-order valence-corrected chi connectivity index (χ4v) is 2.88. The van der Waals surface area contributed by atoms with Crippen molar-refractivity contribution in [1.29, 1.82) is 0 Å². The standard InChI is InChI=1S/C17H24N4O3/c22-16(19-5-6-21-7-9-24-10-8-21)14-11-15(14)17(23)20-12-13-3-1-2-4-18-13/h1-4,14-15H,5-12H2,(H,19,22)(H,20,23). The first-order chi connectivity index (χ1) is 11.7. The van der Waals surface area contributed by atoms with Crippen molar-refractivity contribution in [1.82, 2.24) is 20.5 Å². The Bertz CT molecular complexity index is 560. The molecule has 2 aliphatic rings. The molecule has 2 unspecified atom stereocenters. The molecule has 0 radical (unpaired) electrons. The van der Waals surface area contributed by atoms with Crippen LogP contribution in [0.3, 0.4) is 0 Å². The Morgan fingerprint density at radius 1 is 1.17 bits per heavy atom. The van der Waals surface area contributed by atoms with Gasteiger partial charge in [0.1, 0.15) is 0 Å². The number of carbonyl (C=O) groups is 2. The Hall–Kier alpha value is -1.99. The summed E-state index contributed by atoms with van der Waals surface area (Å²) in [5.74, 6) is -0.453. The molecule has 2 N–H and O–H groups in total. The highest BCUT2D eigenvalue weighted by Gasteiger charge is 2.47. The van der Waals surface area contributed by atoms with Crippen LogP contribution in [0, 0.1) is 11.8 Å². The van der Waals surface area contributed by atoms with Crippen molar-refractivity contribution in [2.45, 2.75) is 13.0 Å². The topological polar surface area (TPSA) is 83.6 Å². The molecule has 2 fully saturated rings. The van der Waals surface area contributed by atoms with Gasteiger partial charge in [0.2, 0.25) is 11.8 Å². The van der Waals surface area contributed by atoms with Crippen LogP contribution < -0.4 is 10.6 Å². The quantitative estimate of drug-likeness (QED) is 0.721. The van der Waals surface area contributed by atoms with Crippen LogP contribution in [-0.2, 0) is 20.9 Å². The Balaban J connectivity index is 1.32. The molecule has 0 spiro atoms. The van der Waals surface area contributed by atoms with Gasteiger partial charge in [0.05, 0.1) is 37.3 Å². The molecule has 0 bridgehead atoms. The lowest BCUT2D eigenvalue weighted by Gasteiger charge is -2.26. The van der Waals surface area contributed by atoms with E-state index in [2.05, 4.69) is 20.5 Å². The van der Waals surface area contributed by atoms with Crippen LogP contribution >= 0.6 is 0 Å². The third kappa shape index (κ3) is 4.75. The van der Waals surface area contributed by atoms with Gasteiger partial charge in [-0.1, -0.05) is 6.07 Å². The molecule has 1 saturated carbocycles. The average Bonchev–Trinajstić information content (AvgIpc) is 3.42. The summed E-state index contributed by atoms with van der Waals surface area (Å²) in [6.45, 7) is 5.21. The van der Waals surface area contributed by atoms with Crippen molar-refractivity contribution in [2.24, 2.45) is 11.8 Å². The minimum Gasteiger partial charge on any atom is -0.379 e. The SMILES string of the molecule is O=C(NCCN1CCOCC1)C1CC1C(=O)NCc1ccccn1. The highest BCUT2D eigenvalue weighted by Crippen LogP contribution is 2.38. The fraction of sp³-hybridized carbons (Fsp3) is 0.588. The van der Waals surface area contributed by atoms with E-state index in [0.29, 0.717) is 19.5 Å². The largest absolute Gasteiger partial charge is 0.379 e. The molecule has 3 rings (SSSR count). The number of pyridine rings is 1. The summed E-state index contributed by atoms with van der Waals surface area (Å²) in [7, 11) is 0. The summed E-state index contributed by atoms with van der Waals surface area (Å²) < 4.78 is 5.29. The first-order valence-electron chi connectivity index (χ1n) is 8.49. The molecule has 1 saturated heterocycles. The zero-order valence-corrected chi connectivity index (χ0v) is 13.7. The first kappa shape index (κ1) is 16.9. The number of ether oxygens (including phenoxy) is 1. The van der Waals surface area contributed by atoms with Gasteiger partial charge in [-0.25, -0.2) is 0 Å². The molecule has 1 aliphatic carbocycles. The van der Waals surface area contributed by atoms with Crippen LogP contribution in [-0.4, -0.2) is 61.1 Å². The van der Waals surface area contributed by atoms with E-state index in [9.17, 15) is 9.59 Å². The maximum absolute atomic E-state index is 12.1. The molecule has 7 heteroatoms. The van der Waals surface area contributed by atoms with Crippen molar-refractivity contribution in [3.8, 4) is 0 Å².